The van der Waals surface area contributed by atoms with E-state index in [4.69, 9.17) is 9.15 Å². The van der Waals surface area contributed by atoms with Crippen molar-refractivity contribution in [2.24, 2.45) is 0 Å². The van der Waals surface area contributed by atoms with E-state index in [1.54, 1.807) is 19.4 Å². The van der Waals surface area contributed by atoms with E-state index >= 15 is 0 Å². The molecule has 0 saturated carbocycles. The monoisotopic (exact) mass is 309 g/mol. The summed E-state index contributed by atoms with van der Waals surface area (Å²) in [6.45, 7) is 4.56. The lowest BCUT2D eigenvalue weighted by Crippen LogP contribution is -2.33. The van der Waals surface area contributed by atoms with Crippen LogP contribution in [0.4, 0.5) is 0 Å². The Balaban J connectivity index is 1.85. The van der Waals surface area contributed by atoms with Gasteiger partial charge in [0.15, 0.2) is 10.8 Å². The Morgan fingerprint density at radius 2 is 2.29 bits per heavy atom. The number of carbonyl (C=O) groups is 1. The molecule has 0 aliphatic heterocycles. The van der Waals surface area contributed by atoms with Crippen LogP contribution in [0.1, 0.15) is 15.4 Å². The van der Waals surface area contributed by atoms with E-state index in [-0.39, 0.29) is 5.91 Å². The smallest absolute Gasteiger partial charge is 0.271 e. The molecule has 2 aromatic rings. The Labute approximate surface area is 127 Å². The van der Waals surface area contributed by atoms with Crippen molar-refractivity contribution in [2.75, 3.05) is 33.4 Å². The molecular formula is C14H19N3O3S. The number of aromatic nitrogens is 1. The second kappa shape index (κ2) is 7.92. The number of nitrogens with one attached hydrogen (secondary N) is 2. The number of carbonyl (C=O) groups excluding carboxylic acids is 1. The molecule has 0 unspecified atom stereocenters. The van der Waals surface area contributed by atoms with Gasteiger partial charge in [0.25, 0.3) is 5.91 Å². The van der Waals surface area contributed by atoms with Gasteiger partial charge in [-0.25, -0.2) is 4.98 Å². The molecular weight excluding hydrogens is 290 g/mol. The molecule has 2 aromatic heterocycles. The number of thiazole rings is 1. The van der Waals surface area contributed by atoms with Gasteiger partial charge in [-0.15, -0.1) is 11.3 Å². The summed E-state index contributed by atoms with van der Waals surface area (Å²) in [4.78, 5) is 17.3. The third-order valence-electron chi connectivity index (χ3n) is 2.81. The van der Waals surface area contributed by atoms with Crippen LogP contribution in [-0.4, -0.2) is 44.2 Å². The average molecular weight is 309 g/mol. The van der Waals surface area contributed by atoms with E-state index in [9.17, 15) is 4.79 Å². The molecule has 21 heavy (non-hydrogen) atoms. The summed E-state index contributed by atoms with van der Waals surface area (Å²) in [5.74, 6) is 0.526. The number of furan rings is 1. The quantitative estimate of drug-likeness (QED) is 0.726. The number of hydrogen-bond acceptors (Lipinski definition) is 6. The van der Waals surface area contributed by atoms with Crippen molar-refractivity contribution in [1.82, 2.24) is 15.6 Å². The third-order valence-corrected chi connectivity index (χ3v) is 3.80. The molecule has 0 bridgehead atoms. The Morgan fingerprint density at radius 3 is 3.00 bits per heavy atom. The van der Waals surface area contributed by atoms with E-state index in [0.29, 0.717) is 31.2 Å². The lowest BCUT2D eigenvalue weighted by Gasteiger charge is -2.05. The van der Waals surface area contributed by atoms with Crippen molar-refractivity contribution in [3.63, 3.8) is 0 Å². The molecule has 1 amide bonds. The van der Waals surface area contributed by atoms with E-state index in [1.807, 2.05) is 13.0 Å². The zero-order chi connectivity index (χ0) is 15.1. The highest BCUT2D eigenvalue weighted by atomic mass is 32.1. The summed E-state index contributed by atoms with van der Waals surface area (Å²) in [6.07, 6.45) is 1.59. The summed E-state index contributed by atoms with van der Waals surface area (Å²) < 4.78 is 10.2. The van der Waals surface area contributed by atoms with Crippen LogP contribution in [0.15, 0.2) is 22.8 Å². The SMILES string of the molecule is COCCNCCNC(=O)c1nc(-c2ccco2)sc1C. The number of methoxy groups -OCH3 is 1. The van der Waals surface area contributed by atoms with Crippen LogP contribution in [0, 0.1) is 6.92 Å². The zero-order valence-corrected chi connectivity index (χ0v) is 13.0. The van der Waals surface area contributed by atoms with Crippen molar-refractivity contribution in [2.45, 2.75) is 6.92 Å². The standard InChI is InChI=1S/C14H19N3O3S/c1-10-12(13(18)16-6-5-15-7-9-19-2)17-14(21-10)11-4-3-8-20-11/h3-4,8,15H,5-7,9H2,1-2H3,(H,16,18). The fourth-order valence-corrected chi connectivity index (χ4v) is 2.64. The van der Waals surface area contributed by atoms with E-state index in [1.165, 1.54) is 11.3 Å². The van der Waals surface area contributed by atoms with Gasteiger partial charge in [-0.05, 0) is 19.1 Å². The van der Waals surface area contributed by atoms with Crippen LogP contribution in [0.2, 0.25) is 0 Å². The highest BCUT2D eigenvalue weighted by Crippen LogP contribution is 2.27. The number of ether oxygens (including phenoxy) is 1. The van der Waals surface area contributed by atoms with Crippen molar-refractivity contribution < 1.29 is 13.9 Å². The van der Waals surface area contributed by atoms with Crippen LogP contribution in [-0.2, 0) is 4.74 Å². The van der Waals surface area contributed by atoms with Gasteiger partial charge in [0.05, 0.1) is 12.9 Å². The molecule has 2 rings (SSSR count). The third kappa shape index (κ3) is 4.38. The molecule has 2 N–H and O–H groups in total. The molecule has 0 radical (unpaired) electrons. The molecule has 0 spiro atoms. The van der Waals surface area contributed by atoms with Gasteiger partial charge >= 0.3 is 0 Å². The topological polar surface area (TPSA) is 76.4 Å². The molecule has 7 heteroatoms. The van der Waals surface area contributed by atoms with Crippen molar-refractivity contribution in [1.29, 1.82) is 0 Å². The molecule has 0 atom stereocenters. The van der Waals surface area contributed by atoms with E-state index in [0.717, 1.165) is 16.4 Å². The van der Waals surface area contributed by atoms with Crippen LogP contribution < -0.4 is 10.6 Å². The second-order valence-corrected chi connectivity index (χ2v) is 5.60. The lowest BCUT2D eigenvalue weighted by atomic mass is 10.3. The normalized spacial score (nSPS) is 10.8. The Hall–Kier alpha value is -1.70. The van der Waals surface area contributed by atoms with Crippen LogP contribution in [0.25, 0.3) is 10.8 Å². The number of hydrogen-bond donors (Lipinski definition) is 2. The molecule has 0 aromatic carbocycles. The van der Waals surface area contributed by atoms with Gasteiger partial charge < -0.3 is 19.8 Å². The van der Waals surface area contributed by atoms with Crippen LogP contribution in [0.5, 0.6) is 0 Å². The first-order valence-electron chi connectivity index (χ1n) is 6.71. The van der Waals surface area contributed by atoms with E-state index in [2.05, 4.69) is 15.6 Å². The lowest BCUT2D eigenvalue weighted by molar-refractivity contribution is 0.0949. The Morgan fingerprint density at radius 1 is 1.43 bits per heavy atom. The summed E-state index contributed by atoms with van der Waals surface area (Å²) in [5, 5.41) is 6.73. The molecule has 114 valence electrons. The average Bonchev–Trinajstić information content (AvgIpc) is 3.11. The fraction of sp³-hybridized carbons (Fsp3) is 0.429. The molecule has 0 fully saturated rings. The summed E-state index contributed by atoms with van der Waals surface area (Å²) in [7, 11) is 1.66. The maximum atomic E-state index is 12.1. The van der Waals surface area contributed by atoms with Crippen LogP contribution >= 0.6 is 11.3 Å². The number of amides is 1. The van der Waals surface area contributed by atoms with Gasteiger partial charge in [0.1, 0.15) is 5.69 Å². The highest BCUT2D eigenvalue weighted by Gasteiger charge is 2.16. The highest BCUT2D eigenvalue weighted by molar-refractivity contribution is 7.15. The Bertz CT molecular complexity index is 566. The van der Waals surface area contributed by atoms with Gasteiger partial charge in [0.2, 0.25) is 0 Å². The number of nitrogens with zero attached hydrogens (tertiary/aromatic N) is 1. The largest absolute Gasteiger partial charge is 0.462 e. The van der Waals surface area contributed by atoms with Crippen molar-refractivity contribution in [3.05, 3.63) is 29.0 Å². The summed E-state index contributed by atoms with van der Waals surface area (Å²) in [5.41, 5.74) is 0.461. The zero-order valence-electron chi connectivity index (χ0n) is 12.1. The van der Waals surface area contributed by atoms with Gasteiger partial charge in [-0.2, -0.15) is 0 Å². The first-order valence-corrected chi connectivity index (χ1v) is 7.53. The van der Waals surface area contributed by atoms with E-state index < -0.39 is 0 Å². The molecule has 0 aliphatic carbocycles. The molecule has 6 nitrogen and oxygen atoms in total. The minimum Gasteiger partial charge on any atom is -0.462 e. The minimum absolute atomic E-state index is 0.157. The number of aryl methyl sites for hydroxylation is 1. The Kier molecular flexibility index (Phi) is 5.91. The first kappa shape index (κ1) is 15.7. The van der Waals surface area contributed by atoms with Crippen molar-refractivity contribution >= 4 is 17.2 Å². The maximum Gasteiger partial charge on any atom is 0.271 e. The minimum atomic E-state index is -0.157. The van der Waals surface area contributed by atoms with Crippen molar-refractivity contribution in [3.8, 4) is 10.8 Å². The first-order chi connectivity index (χ1) is 10.2. The van der Waals surface area contributed by atoms with Gasteiger partial charge in [0, 0.05) is 31.6 Å². The van der Waals surface area contributed by atoms with Crippen LogP contribution in [0.3, 0.4) is 0 Å². The predicted octanol–water partition coefficient (Wildman–Crippen LogP) is 1.68. The maximum absolute atomic E-state index is 12.1. The predicted molar refractivity (Wildman–Crippen MR) is 81.6 cm³/mol. The fourth-order valence-electron chi connectivity index (χ4n) is 1.76. The summed E-state index contributed by atoms with van der Waals surface area (Å²) >= 11 is 1.45. The van der Waals surface area contributed by atoms with Gasteiger partial charge in [-0.3, -0.25) is 4.79 Å². The number of rotatable bonds is 8. The second-order valence-electron chi connectivity index (χ2n) is 4.40. The molecule has 0 aliphatic rings. The molecule has 2 heterocycles. The van der Waals surface area contributed by atoms with Gasteiger partial charge in [-0.1, -0.05) is 0 Å². The molecule has 0 saturated heterocycles. The summed E-state index contributed by atoms with van der Waals surface area (Å²) in [6, 6.07) is 3.64.